The average Bonchev–Trinajstić information content (AvgIpc) is 3.57. The Morgan fingerprint density at radius 2 is 1.78 bits per heavy atom. The van der Waals surface area contributed by atoms with Gasteiger partial charge in [0.2, 0.25) is 11.8 Å². The number of likely N-dealkylation sites (N-methyl/N-ethyl adjacent to an activating group) is 2. The highest BCUT2D eigenvalue weighted by atomic mass is 32.1. The molecule has 2 heterocycles. The van der Waals surface area contributed by atoms with Gasteiger partial charge in [-0.15, -0.1) is 11.3 Å². The smallest absolute Gasteiger partial charge is 0.306 e. The number of likely N-dealkylation sites (tertiary alicyclic amines) is 1. The third-order valence-electron chi connectivity index (χ3n) is 9.95. The summed E-state index contributed by atoms with van der Waals surface area (Å²) in [5, 5.41) is 17.9. The lowest BCUT2D eigenvalue weighted by Crippen LogP contribution is -2.58. The number of piperidine rings is 1. The minimum atomic E-state index is -0.913. The number of amides is 3. The number of ether oxygens (including phenoxy) is 1. The lowest BCUT2D eigenvalue weighted by atomic mass is 9.92. The van der Waals surface area contributed by atoms with Crippen LogP contribution >= 0.6 is 11.3 Å². The second kappa shape index (κ2) is 19.2. The number of benzene rings is 1. The molecule has 1 aromatic heterocycles. The van der Waals surface area contributed by atoms with Crippen molar-refractivity contribution in [2.45, 2.75) is 110 Å². The number of methoxy groups -OCH3 is 1. The van der Waals surface area contributed by atoms with Crippen LogP contribution in [0.5, 0.6) is 0 Å². The highest BCUT2D eigenvalue weighted by Gasteiger charge is 2.37. The van der Waals surface area contributed by atoms with E-state index < -0.39 is 30.1 Å². The number of hydrogen-bond donors (Lipinski definition) is 3. The molecular formula is C37H57N5O6S. The maximum atomic E-state index is 14.1. The Labute approximate surface area is 296 Å². The van der Waals surface area contributed by atoms with E-state index in [1.807, 2.05) is 51.2 Å². The van der Waals surface area contributed by atoms with Crippen molar-refractivity contribution in [1.82, 2.24) is 25.4 Å². The standard InChI is InChI=1S/C37H57N5O6S/c1-9-24(4)32(40-34(44)29-17-13-14-18-41(29)6)36(45)42(7)30(23(2)3)21-31(48-8)35-39-28(22-49-35)33(43)38-27(19-25(5)37(46)47)20-26-15-11-10-12-16-26/h10-12,15-16,22-25,27,29-32H,9,13-14,17-21H2,1-8H3,(H,38,43)(H,40,44)(H,46,47)/t24-,25-,27+,29?,30+,31+,32-/m0/s1. The Morgan fingerprint density at radius 3 is 2.37 bits per heavy atom. The van der Waals surface area contributed by atoms with Crippen LogP contribution in [0.3, 0.4) is 0 Å². The van der Waals surface area contributed by atoms with Gasteiger partial charge in [0.1, 0.15) is 22.8 Å². The van der Waals surface area contributed by atoms with Crippen LogP contribution in [0.2, 0.25) is 0 Å². The first-order chi connectivity index (χ1) is 23.3. The van der Waals surface area contributed by atoms with E-state index >= 15 is 0 Å². The van der Waals surface area contributed by atoms with E-state index in [1.165, 1.54) is 11.3 Å². The monoisotopic (exact) mass is 699 g/mol. The number of carbonyl (C=O) groups is 4. The fourth-order valence-corrected chi connectivity index (χ4v) is 7.42. The molecule has 0 radical (unpaired) electrons. The van der Waals surface area contributed by atoms with Gasteiger partial charge >= 0.3 is 5.97 Å². The lowest BCUT2D eigenvalue weighted by Gasteiger charge is -2.38. The Morgan fingerprint density at radius 1 is 1.08 bits per heavy atom. The quantitative estimate of drug-likeness (QED) is 0.194. The Kier molecular flexibility index (Phi) is 15.7. The second-order valence-corrected chi connectivity index (χ2v) is 14.9. The van der Waals surface area contributed by atoms with Gasteiger partial charge in [0.25, 0.3) is 5.91 Å². The van der Waals surface area contributed by atoms with E-state index in [9.17, 15) is 24.3 Å². The highest BCUT2D eigenvalue weighted by molar-refractivity contribution is 7.09. The Balaban J connectivity index is 1.74. The summed E-state index contributed by atoms with van der Waals surface area (Å²) in [6.07, 6.45) is 4.33. The number of nitrogens with zero attached hydrogens (tertiary/aromatic N) is 3. The van der Waals surface area contributed by atoms with Crippen LogP contribution in [-0.4, -0.2) is 95.5 Å². The van der Waals surface area contributed by atoms with Gasteiger partial charge in [0.15, 0.2) is 0 Å². The number of carbonyl (C=O) groups excluding carboxylic acids is 3. The summed E-state index contributed by atoms with van der Waals surface area (Å²) in [6, 6.07) is 8.14. The van der Waals surface area contributed by atoms with Crippen molar-refractivity contribution in [3.8, 4) is 0 Å². The molecule has 2 aromatic rings. The van der Waals surface area contributed by atoms with Crippen molar-refractivity contribution in [3.05, 3.63) is 52.0 Å². The van der Waals surface area contributed by atoms with Crippen LogP contribution in [0.15, 0.2) is 35.7 Å². The fraction of sp³-hybridized carbons (Fsp3) is 0.649. The first-order valence-electron chi connectivity index (χ1n) is 17.6. The number of carboxylic acid groups (broad SMARTS) is 1. The number of aromatic nitrogens is 1. The van der Waals surface area contributed by atoms with Gasteiger partial charge in [-0.3, -0.25) is 24.1 Å². The summed E-state index contributed by atoms with van der Waals surface area (Å²) in [5.41, 5.74) is 1.24. The van der Waals surface area contributed by atoms with Crippen LogP contribution in [0.4, 0.5) is 0 Å². The average molecular weight is 700 g/mol. The molecule has 49 heavy (non-hydrogen) atoms. The number of rotatable bonds is 18. The molecule has 272 valence electrons. The van der Waals surface area contributed by atoms with Crippen LogP contribution in [0.1, 0.15) is 100 Å². The maximum Gasteiger partial charge on any atom is 0.306 e. The lowest BCUT2D eigenvalue weighted by molar-refractivity contribution is -0.141. The van der Waals surface area contributed by atoms with Crippen molar-refractivity contribution in [2.24, 2.45) is 17.8 Å². The molecule has 3 amide bonds. The summed E-state index contributed by atoms with van der Waals surface area (Å²) in [7, 11) is 5.35. The molecule has 1 fully saturated rings. The van der Waals surface area contributed by atoms with Crippen molar-refractivity contribution in [1.29, 1.82) is 0 Å². The van der Waals surface area contributed by atoms with E-state index in [-0.39, 0.29) is 53.8 Å². The molecule has 1 aliphatic heterocycles. The first kappa shape index (κ1) is 40.1. The molecule has 3 rings (SSSR count). The predicted octanol–water partition coefficient (Wildman–Crippen LogP) is 5.17. The van der Waals surface area contributed by atoms with E-state index in [1.54, 1.807) is 31.4 Å². The summed E-state index contributed by atoms with van der Waals surface area (Å²) in [6.45, 7) is 10.6. The summed E-state index contributed by atoms with van der Waals surface area (Å²) in [4.78, 5) is 60.9. The SMILES string of the molecule is CC[C@H](C)[C@H](NC(=O)C1CCCCN1C)C(=O)N(C)[C@H](C[C@@H](OC)c1nc(C(=O)N[C@@H](Cc2ccccc2)C[C@H](C)C(=O)O)cs1)C(C)C. The van der Waals surface area contributed by atoms with Gasteiger partial charge in [-0.05, 0) is 56.7 Å². The van der Waals surface area contributed by atoms with Crippen molar-refractivity contribution in [3.63, 3.8) is 0 Å². The van der Waals surface area contributed by atoms with Crippen LogP contribution in [0, 0.1) is 17.8 Å². The molecule has 11 nitrogen and oxygen atoms in total. The number of hydrogen-bond acceptors (Lipinski definition) is 8. The number of carboxylic acids is 1. The summed E-state index contributed by atoms with van der Waals surface area (Å²) < 4.78 is 5.90. The van der Waals surface area contributed by atoms with Gasteiger partial charge < -0.3 is 25.4 Å². The Bertz CT molecular complexity index is 1370. The fourth-order valence-electron chi connectivity index (χ4n) is 6.54. The van der Waals surface area contributed by atoms with Gasteiger partial charge in [-0.25, -0.2) is 4.98 Å². The molecule has 0 spiro atoms. The molecule has 12 heteroatoms. The molecule has 1 saturated heterocycles. The zero-order valence-corrected chi connectivity index (χ0v) is 31.3. The molecule has 3 N–H and O–H groups in total. The van der Waals surface area contributed by atoms with Gasteiger partial charge in [0, 0.05) is 38.0 Å². The van der Waals surface area contributed by atoms with E-state index in [0.717, 1.165) is 37.8 Å². The largest absolute Gasteiger partial charge is 0.481 e. The van der Waals surface area contributed by atoms with Crippen LogP contribution < -0.4 is 10.6 Å². The molecule has 1 aromatic carbocycles. The molecule has 0 saturated carbocycles. The molecular weight excluding hydrogens is 643 g/mol. The molecule has 0 aliphatic carbocycles. The number of nitrogens with one attached hydrogen (secondary N) is 2. The van der Waals surface area contributed by atoms with Crippen LogP contribution in [-0.2, 0) is 25.5 Å². The predicted molar refractivity (Wildman–Crippen MR) is 192 cm³/mol. The topological polar surface area (TPSA) is 141 Å². The van der Waals surface area contributed by atoms with Crippen molar-refractivity contribution >= 4 is 35.0 Å². The van der Waals surface area contributed by atoms with Crippen molar-refractivity contribution in [2.75, 3.05) is 27.7 Å². The number of thiazole rings is 1. The van der Waals surface area contributed by atoms with E-state index in [4.69, 9.17) is 4.74 Å². The third-order valence-corrected chi connectivity index (χ3v) is 10.9. The molecule has 0 bridgehead atoms. The molecule has 7 atom stereocenters. The molecule has 1 aliphatic rings. The maximum absolute atomic E-state index is 14.1. The zero-order chi connectivity index (χ0) is 36.2. The van der Waals surface area contributed by atoms with Crippen LogP contribution in [0.25, 0.3) is 0 Å². The number of aliphatic carboxylic acids is 1. The first-order valence-corrected chi connectivity index (χ1v) is 18.5. The molecule has 1 unspecified atom stereocenters. The third kappa shape index (κ3) is 11.3. The highest BCUT2D eigenvalue weighted by Crippen LogP contribution is 2.30. The van der Waals surface area contributed by atoms with E-state index in [0.29, 0.717) is 17.8 Å². The van der Waals surface area contributed by atoms with Gasteiger partial charge in [0.05, 0.1) is 12.0 Å². The van der Waals surface area contributed by atoms with Gasteiger partial charge in [-0.1, -0.05) is 77.8 Å². The van der Waals surface area contributed by atoms with Gasteiger partial charge in [-0.2, -0.15) is 0 Å². The summed E-state index contributed by atoms with van der Waals surface area (Å²) in [5.74, 6) is -2.13. The normalized spacial score (nSPS) is 18.9. The Hall–Kier alpha value is -3.35. The summed E-state index contributed by atoms with van der Waals surface area (Å²) >= 11 is 1.32. The van der Waals surface area contributed by atoms with E-state index in [2.05, 4.69) is 34.4 Å². The second-order valence-electron chi connectivity index (χ2n) is 14.0. The minimum absolute atomic E-state index is 0.0527. The minimum Gasteiger partial charge on any atom is -0.481 e. The zero-order valence-electron chi connectivity index (χ0n) is 30.5. The van der Waals surface area contributed by atoms with Crippen molar-refractivity contribution < 1.29 is 29.0 Å².